The molecular formula is C7H11NO3. The summed E-state index contributed by atoms with van der Waals surface area (Å²) in [5, 5.41) is 2.07. The molecule has 0 radical (unpaired) electrons. The molecule has 4 heteroatoms. The Morgan fingerprint density at radius 2 is 2.09 bits per heavy atom. The summed E-state index contributed by atoms with van der Waals surface area (Å²) in [6.07, 6.45) is 0.753. The molecule has 62 valence electrons. The van der Waals surface area contributed by atoms with Crippen LogP contribution in [0, 0.1) is 5.92 Å². The van der Waals surface area contributed by atoms with Crippen LogP contribution >= 0.6 is 0 Å². The maximum atomic E-state index is 10.7. The second-order valence-electron chi connectivity index (χ2n) is 2.42. The van der Waals surface area contributed by atoms with Gasteiger partial charge in [0.05, 0.1) is 0 Å². The molecule has 0 fully saturated rings. The maximum absolute atomic E-state index is 10.7. The quantitative estimate of drug-likeness (QED) is 0.580. The van der Waals surface area contributed by atoms with Gasteiger partial charge < -0.3 is 4.79 Å². The van der Waals surface area contributed by atoms with Gasteiger partial charge in [-0.05, 0) is 0 Å². The first-order chi connectivity index (χ1) is 5.06. The summed E-state index contributed by atoms with van der Waals surface area (Å²) in [5.41, 5.74) is 0. The van der Waals surface area contributed by atoms with Crippen LogP contribution in [0.1, 0.15) is 20.3 Å². The number of carbonyl (C=O) groups excluding carboxylic acids is 3. The van der Waals surface area contributed by atoms with Gasteiger partial charge in [0.15, 0.2) is 0 Å². The first-order valence-electron chi connectivity index (χ1n) is 3.32. The van der Waals surface area contributed by atoms with Crippen LogP contribution in [0.5, 0.6) is 0 Å². The van der Waals surface area contributed by atoms with Gasteiger partial charge in [0.1, 0.15) is 6.29 Å². The molecule has 0 heterocycles. The van der Waals surface area contributed by atoms with E-state index < -0.39 is 11.8 Å². The van der Waals surface area contributed by atoms with Crippen molar-refractivity contribution < 1.29 is 14.4 Å². The molecule has 0 aromatic carbocycles. The minimum absolute atomic E-state index is 0.0725. The van der Waals surface area contributed by atoms with Gasteiger partial charge in [0.2, 0.25) is 11.8 Å². The maximum Gasteiger partial charge on any atom is 0.227 e. The molecule has 0 aliphatic heterocycles. The molecule has 0 saturated carbocycles. The lowest BCUT2D eigenvalue weighted by molar-refractivity contribution is -0.130. The first-order valence-corrected chi connectivity index (χ1v) is 3.32. The first kappa shape index (κ1) is 9.81. The van der Waals surface area contributed by atoms with Gasteiger partial charge in [-0.3, -0.25) is 14.9 Å². The smallest absolute Gasteiger partial charge is 0.227 e. The zero-order valence-corrected chi connectivity index (χ0v) is 6.59. The summed E-state index contributed by atoms with van der Waals surface area (Å²) in [4.78, 5) is 31.1. The molecule has 2 amide bonds. The molecule has 4 nitrogen and oxygen atoms in total. The van der Waals surface area contributed by atoms with E-state index in [0.29, 0.717) is 6.29 Å². The van der Waals surface area contributed by atoms with E-state index in [1.807, 2.05) is 0 Å². The Morgan fingerprint density at radius 3 is 2.45 bits per heavy atom. The van der Waals surface area contributed by atoms with Gasteiger partial charge in [-0.2, -0.15) is 0 Å². The Hall–Kier alpha value is -1.19. The van der Waals surface area contributed by atoms with Crippen LogP contribution in [-0.4, -0.2) is 18.1 Å². The van der Waals surface area contributed by atoms with Gasteiger partial charge in [-0.15, -0.1) is 0 Å². The highest BCUT2D eigenvalue weighted by molar-refractivity contribution is 5.94. The fourth-order valence-corrected chi connectivity index (χ4v) is 0.588. The van der Waals surface area contributed by atoms with E-state index in [4.69, 9.17) is 0 Å². The van der Waals surface area contributed by atoms with E-state index in [9.17, 15) is 14.4 Å². The SMILES string of the molecule is CC(=O)NC(=O)CC(C)C=O. The van der Waals surface area contributed by atoms with Gasteiger partial charge in [-0.25, -0.2) is 0 Å². The van der Waals surface area contributed by atoms with Crippen molar-refractivity contribution in [2.45, 2.75) is 20.3 Å². The number of hydrogen-bond acceptors (Lipinski definition) is 3. The van der Waals surface area contributed by atoms with Gasteiger partial charge >= 0.3 is 0 Å². The van der Waals surface area contributed by atoms with Crippen molar-refractivity contribution in [3.63, 3.8) is 0 Å². The van der Waals surface area contributed by atoms with Crippen LogP contribution in [0.3, 0.4) is 0 Å². The zero-order chi connectivity index (χ0) is 8.85. The molecule has 0 saturated heterocycles. The van der Waals surface area contributed by atoms with Crippen LogP contribution < -0.4 is 5.32 Å². The van der Waals surface area contributed by atoms with E-state index in [1.54, 1.807) is 6.92 Å². The molecule has 11 heavy (non-hydrogen) atoms. The molecular weight excluding hydrogens is 146 g/mol. The average Bonchev–Trinajstić information content (AvgIpc) is 1.85. The lowest BCUT2D eigenvalue weighted by Gasteiger charge is -2.01. The van der Waals surface area contributed by atoms with Crippen molar-refractivity contribution in [3.05, 3.63) is 0 Å². The van der Waals surface area contributed by atoms with E-state index in [-0.39, 0.29) is 12.3 Å². The lowest BCUT2D eigenvalue weighted by atomic mass is 10.1. The highest BCUT2D eigenvalue weighted by Gasteiger charge is 2.08. The summed E-state index contributed by atoms with van der Waals surface area (Å²) in [7, 11) is 0. The summed E-state index contributed by atoms with van der Waals surface area (Å²) in [6.45, 7) is 2.87. The molecule has 0 aliphatic carbocycles. The van der Waals surface area contributed by atoms with E-state index >= 15 is 0 Å². The number of imide groups is 1. The average molecular weight is 157 g/mol. The normalized spacial score (nSPS) is 11.8. The largest absolute Gasteiger partial charge is 0.303 e. The van der Waals surface area contributed by atoms with Gasteiger partial charge in [0, 0.05) is 19.3 Å². The van der Waals surface area contributed by atoms with Crippen LogP contribution in [0.15, 0.2) is 0 Å². The monoisotopic (exact) mass is 157 g/mol. The number of nitrogens with one attached hydrogen (secondary N) is 1. The van der Waals surface area contributed by atoms with Crippen molar-refractivity contribution in [2.75, 3.05) is 0 Å². The highest BCUT2D eigenvalue weighted by atomic mass is 16.2. The number of amides is 2. The van der Waals surface area contributed by atoms with Crippen molar-refractivity contribution in [1.29, 1.82) is 0 Å². The molecule has 1 unspecified atom stereocenters. The minimum atomic E-state index is -0.405. The molecule has 0 bridgehead atoms. The van der Waals surface area contributed by atoms with Crippen LogP contribution in [0.4, 0.5) is 0 Å². The lowest BCUT2D eigenvalue weighted by Crippen LogP contribution is -2.29. The molecule has 0 rings (SSSR count). The topological polar surface area (TPSA) is 63.2 Å². The molecule has 0 aromatic heterocycles. The second kappa shape index (κ2) is 4.60. The van der Waals surface area contributed by atoms with Crippen LogP contribution in [0.25, 0.3) is 0 Å². The van der Waals surface area contributed by atoms with Crippen LogP contribution in [-0.2, 0) is 14.4 Å². The predicted octanol–water partition coefficient (Wildman–Crippen LogP) is -0.126. The standard InChI is InChI=1S/C7H11NO3/c1-5(4-9)3-7(11)8-6(2)10/h4-5H,3H2,1-2H3,(H,8,10,11). The molecule has 0 aromatic rings. The van der Waals surface area contributed by atoms with Crippen molar-refractivity contribution in [3.8, 4) is 0 Å². The van der Waals surface area contributed by atoms with E-state index in [2.05, 4.69) is 5.32 Å². The van der Waals surface area contributed by atoms with E-state index in [1.165, 1.54) is 6.92 Å². The Bertz CT molecular complexity index is 177. The number of aldehydes is 1. The second-order valence-corrected chi connectivity index (χ2v) is 2.42. The third-order valence-electron chi connectivity index (χ3n) is 1.06. The number of hydrogen-bond donors (Lipinski definition) is 1. The van der Waals surface area contributed by atoms with E-state index in [0.717, 1.165) is 0 Å². The summed E-state index contributed by atoms with van der Waals surface area (Å²) in [5.74, 6) is -1.13. The molecule has 0 spiro atoms. The van der Waals surface area contributed by atoms with Crippen molar-refractivity contribution in [1.82, 2.24) is 5.32 Å². The zero-order valence-electron chi connectivity index (χ0n) is 6.59. The fourth-order valence-electron chi connectivity index (χ4n) is 0.588. The Kier molecular flexibility index (Phi) is 4.10. The minimum Gasteiger partial charge on any atom is -0.303 e. The third-order valence-corrected chi connectivity index (χ3v) is 1.06. The summed E-state index contributed by atoms with van der Waals surface area (Å²) in [6, 6.07) is 0. The Morgan fingerprint density at radius 1 is 1.55 bits per heavy atom. The molecule has 0 aliphatic rings. The summed E-state index contributed by atoms with van der Waals surface area (Å²) < 4.78 is 0. The molecule has 1 atom stereocenters. The van der Waals surface area contributed by atoms with Gasteiger partial charge in [0.25, 0.3) is 0 Å². The number of carbonyl (C=O) groups is 3. The fraction of sp³-hybridized carbons (Fsp3) is 0.571. The molecule has 1 N–H and O–H groups in total. The summed E-state index contributed by atoms with van der Waals surface area (Å²) >= 11 is 0. The number of rotatable bonds is 3. The van der Waals surface area contributed by atoms with Crippen molar-refractivity contribution >= 4 is 18.1 Å². The van der Waals surface area contributed by atoms with Gasteiger partial charge in [-0.1, -0.05) is 6.92 Å². The Labute approximate surface area is 65.0 Å². The Balaban J connectivity index is 3.69. The third kappa shape index (κ3) is 5.26. The predicted molar refractivity (Wildman–Crippen MR) is 38.7 cm³/mol. The van der Waals surface area contributed by atoms with Crippen LogP contribution in [0.2, 0.25) is 0 Å². The van der Waals surface area contributed by atoms with Crippen molar-refractivity contribution in [2.24, 2.45) is 5.92 Å². The highest BCUT2D eigenvalue weighted by Crippen LogP contribution is 1.95.